The van der Waals surface area contributed by atoms with Crippen LogP contribution >= 0.6 is 0 Å². The van der Waals surface area contributed by atoms with Gasteiger partial charge in [-0.2, -0.15) is 0 Å². The molecule has 0 radical (unpaired) electrons. The van der Waals surface area contributed by atoms with Gasteiger partial charge in [-0.05, 0) is 59.0 Å². The van der Waals surface area contributed by atoms with E-state index in [1.807, 2.05) is 47.1 Å². The minimum Gasteiger partial charge on any atom is -0.497 e. The van der Waals surface area contributed by atoms with Crippen LogP contribution in [-0.4, -0.2) is 43.2 Å². The molecule has 188 valence electrons. The molecule has 1 atom stereocenters. The Kier molecular flexibility index (Phi) is 7.13. The van der Waals surface area contributed by atoms with Crippen molar-refractivity contribution in [2.75, 3.05) is 7.11 Å². The van der Waals surface area contributed by atoms with Crippen molar-refractivity contribution in [1.29, 1.82) is 0 Å². The number of aromatic nitrogens is 5. The van der Waals surface area contributed by atoms with Crippen molar-refractivity contribution < 1.29 is 4.74 Å². The standard InChI is InChI=1S/C28H34N6O2/c1-19(2)26(27-30-31-32-34(27)17-20-9-5-4-6-10-20)33(23-11-7-8-12-23)18-22-15-21-16-24(36-3)13-14-25(21)29-28(22)35/h4-6,9-10,13-16,19,23,26H,7-8,11-12,17-18H2,1-3H3,(H,29,35)/t26-/m1/s1. The number of ether oxygens (including phenoxy) is 1. The van der Waals surface area contributed by atoms with Gasteiger partial charge >= 0.3 is 0 Å². The number of rotatable bonds is 9. The number of hydrogen-bond donors (Lipinski definition) is 1. The molecule has 0 saturated heterocycles. The molecule has 2 aromatic carbocycles. The lowest BCUT2D eigenvalue weighted by Gasteiger charge is -2.38. The maximum absolute atomic E-state index is 13.2. The van der Waals surface area contributed by atoms with Gasteiger partial charge in [0, 0.05) is 29.1 Å². The van der Waals surface area contributed by atoms with E-state index in [1.165, 1.54) is 12.8 Å². The summed E-state index contributed by atoms with van der Waals surface area (Å²) in [7, 11) is 1.66. The highest BCUT2D eigenvalue weighted by Gasteiger charge is 2.35. The Hall–Kier alpha value is -3.52. The molecule has 0 spiro atoms. The van der Waals surface area contributed by atoms with Crippen LogP contribution in [0.2, 0.25) is 0 Å². The van der Waals surface area contributed by atoms with Gasteiger partial charge in [-0.15, -0.1) is 5.10 Å². The largest absolute Gasteiger partial charge is 0.497 e. The molecule has 0 aliphatic heterocycles. The van der Waals surface area contributed by atoms with E-state index < -0.39 is 0 Å². The van der Waals surface area contributed by atoms with Crippen molar-refractivity contribution in [3.63, 3.8) is 0 Å². The van der Waals surface area contributed by atoms with Gasteiger partial charge in [0.05, 0.1) is 19.7 Å². The molecule has 2 heterocycles. The maximum Gasteiger partial charge on any atom is 0.252 e. The monoisotopic (exact) mass is 486 g/mol. The first-order chi connectivity index (χ1) is 17.5. The average Bonchev–Trinajstić information content (AvgIpc) is 3.57. The van der Waals surface area contributed by atoms with Gasteiger partial charge in [-0.3, -0.25) is 9.69 Å². The Morgan fingerprint density at radius 1 is 1.11 bits per heavy atom. The molecular weight excluding hydrogens is 452 g/mol. The Balaban J connectivity index is 1.53. The molecule has 0 unspecified atom stereocenters. The second-order valence-electron chi connectivity index (χ2n) is 10.1. The number of nitrogens with zero attached hydrogens (tertiary/aromatic N) is 5. The van der Waals surface area contributed by atoms with Crippen LogP contribution in [0, 0.1) is 5.92 Å². The number of benzene rings is 2. The number of nitrogens with one attached hydrogen (secondary N) is 1. The van der Waals surface area contributed by atoms with Crippen LogP contribution in [0.4, 0.5) is 0 Å². The lowest BCUT2D eigenvalue weighted by atomic mass is 9.97. The van der Waals surface area contributed by atoms with Gasteiger partial charge in [0.1, 0.15) is 5.75 Å². The van der Waals surface area contributed by atoms with Crippen LogP contribution in [0.15, 0.2) is 59.4 Å². The second-order valence-corrected chi connectivity index (χ2v) is 10.1. The van der Waals surface area contributed by atoms with Gasteiger partial charge < -0.3 is 9.72 Å². The summed E-state index contributed by atoms with van der Waals surface area (Å²) < 4.78 is 7.32. The van der Waals surface area contributed by atoms with Crippen LogP contribution in [0.5, 0.6) is 5.75 Å². The van der Waals surface area contributed by atoms with Crippen LogP contribution in [-0.2, 0) is 13.1 Å². The minimum absolute atomic E-state index is 0.0211. The summed E-state index contributed by atoms with van der Waals surface area (Å²) in [5.41, 5.74) is 2.66. The van der Waals surface area contributed by atoms with Crippen molar-refractivity contribution in [1.82, 2.24) is 30.1 Å². The molecule has 1 N–H and O–H groups in total. The summed E-state index contributed by atoms with van der Waals surface area (Å²) in [5, 5.41) is 13.9. The number of aromatic amines is 1. The van der Waals surface area contributed by atoms with Crippen molar-refractivity contribution in [2.45, 2.75) is 64.7 Å². The highest BCUT2D eigenvalue weighted by molar-refractivity contribution is 5.80. The lowest BCUT2D eigenvalue weighted by molar-refractivity contribution is 0.0844. The van der Waals surface area contributed by atoms with Crippen LogP contribution in [0.3, 0.4) is 0 Å². The van der Waals surface area contributed by atoms with Crippen LogP contribution in [0.25, 0.3) is 10.9 Å². The van der Waals surface area contributed by atoms with E-state index in [2.05, 4.69) is 51.4 Å². The summed E-state index contributed by atoms with van der Waals surface area (Å²) in [5.74, 6) is 1.87. The van der Waals surface area contributed by atoms with Crippen molar-refractivity contribution >= 4 is 10.9 Å². The predicted molar refractivity (Wildman–Crippen MR) is 140 cm³/mol. The molecule has 1 aliphatic carbocycles. The van der Waals surface area contributed by atoms with Crippen molar-refractivity contribution in [3.8, 4) is 5.75 Å². The fourth-order valence-corrected chi connectivity index (χ4v) is 5.48. The zero-order chi connectivity index (χ0) is 25.1. The number of hydrogen-bond acceptors (Lipinski definition) is 6. The van der Waals surface area contributed by atoms with E-state index in [9.17, 15) is 4.79 Å². The molecule has 4 aromatic rings. The van der Waals surface area contributed by atoms with Crippen LogP contribution < -0.4 is 10.3 Å². The van der Waals surface area contributed by atoms with Gasteiger partial charge in [0.15, 0.2) is 5.82 Å². The zero-order valence-electron chi connectivity index (χ0n) is 21.2. The molecule has 36 heavy (non-hydrogen) atoms. The molecule has 8 heteroatoms. The fraction of sp³-hybridized carbons (Fsp3) is 0.429. The highest BCUT2D eigenvalue weighted by Crippen LogP contribution is 2.36. The average molecular weight is 487 g/mol. The van der Waals surface area contributed by atoms with E-state index in [-0.39, 0.29) is 17.5 Å². The van der Waals surface area contributed by atoms with Gasteiger partial charge in [-0.25, -0.2) is 4.68 Å². The smallest absolute Gasteiger partial charge is 0.252 e. The Labute approximate surface area is 211 Å². The molecule has 1 fully saturated rings. The third kappa shape index (κ3) is 5.04. The third-order valence-electron chi connectivity index (χ3n) is 7.26. The quantitative estimate of drug-likeness (QED) is 0.368. The minimum atomic E-state index is -0.0537. The van der Waals surface area contributed by atoms with E-state index >= 15 is 0 Å². The normalized spacial score (nSPS) is 15.2. The summed E-state index contributed by atoms with van der Waals surface area (Å²) in [6.45, 7) is 5.57. The van der Waals surface area contributed by atoms with Crippen molar-refractivity contribution in [2.24, 2.45) is 5.92 Å². The second kappa shape index (κ2) is 10.6. The summed E-state index contributed by atoms with van der Waals surface area (Å²) in [6.07, 6.45) is 4.63. The molecular formula is C28H34N6O2. The number of H-pyrrole nitrogens is 1. The highest BCUT2D eigenvalue weighted by atomic mass is 16.5. The Morgan fingerprint density at radius 3 is 2.61 bits per heavy atom. The molecule has 5 rings (SSSR count). The summed E-state index contributed by atoms with van der Waals surface area (Å²) >= 11 is 0. The Morgan fingerprint density at radius 2 is 1.89 bits per heavy atom. The third-order valence-corrected chi connectivity index (χ3v) is 7.26. The summed E-state index contributed by atoms with van der Waals surface area (Å²) in [4.78, 5) is 18.7. The number of fused-ring (bicyclic) bond motifs is 1. The van der Waals surface area contributed by atoms with E-state index in [0.717, 1.165) is 46.4 Å². The molecule has 0 bridgehead atoms. The molecule has 0 amide bonds. The first-order valence-electron chi connectivity index (χ1n) is 12.8. The molecule has 1 aliphatic rings. The Bertz CT molecular complexity index is 1360. The maximum atomic E-state index is 13.2. The first kappa shape index (κ1) is 24.2. The molecule has 2 aromatic heterocycles. The zero-order valence-corrected chi connectivity index (χ0v) is 21.2. The fourth-order valence-electron chi connectivity index (χ4n) is 5.48. The topological polar surface area (TPSA) is 88.9 Å². The summed E-state index contributed by atoms with van der Waals surface area (Å²) in [6, 6.07) is 18.3. The van der Waals surface area contributed by atoms with E-state index in [1.54, 1.807) is 7.11 Å². The SMILES string of the molecule is COc1ccc2[nH]c(=O)c(CN(C3CCCC3)[C@@H](c3nnnn3Cc3ccccc3)C(C)C)cc2c1. The van der Waals surface area contributed by atoms with Crippen molar-refractivity contribution in [3.05, 3.63) is 81.9 Å². The first-order valence-corrected chi connectivity index (χ1v) is 12.8. The number of methoxy groups -OCH3 is 1. The van der Waals surface area contributed by atoms with E-state index in [4.69, 9.17) is 4.74 Å². The molecule has 8 nitrogen and oxygen atoms in total. The number of tetrazole rings is 1. The van der Waals surface area contributed by atoms with Crippen LogP contribution in [0.1, 0.15) is 62.5 Å². The number of pyridine rings is 1. The van der Waals surface area contributed by atoms with Gasteiger partial charge in [0.25, 0.3) is 5.56 Å². The van der Waals surface area contributed by atoms with Gasteiger partial charge in [-0.1, -0.05) is 57.0 Å². The molecule has 1 saturated carbocycles. The van der Waals surface area contributed by atoms with E-state index in [0.29, 0.717) is 19.1 Å². The lowest BCUT2D eigenvalue weighted by Crippen LogP contribution is -2.41. The van der Waals surface area contributed by atoms with Gasteiger partial charge in [0.2, 0.25) is 0 Å². The predicted octanol–water partition coefficient (Wildman–Crippen LogP) is 4.71.